The van der Waals surface area contributed by atoms with Crippen molar-refractivity contribution < 1.29 is 28.0 Å². The zero-order valence-corrected chi connectivity index (χ0v) is 24.2. The van der Waals surface area contributed by atoms with E-state index >= 15 is 0 Å². The maximum absolute atomic E-state index is 13.8. The second-order valence-electron chi connectivity index (χ2n) is 10.7. The first-order chi connectivity index (χ1) is 19.3. The Bertz CT molecular complexity index is 1520. The molecule has 0 heterocycles. The maximum atomic E-state index is 13.8. The Hall–Kier alpha value is -4.06. The second kappa shape index (κ2) is 13.5. The third-order valence-electron chi connectivity index (χ3n) is 6.59. The molecule has 0 fully saturated rings. The number of hydrogen-bond acceptors (Lipinski definition) is 6. The first-order valence-electron chi connectivity index (χ1n) is 13.0. The van der Waals surface area contributed by atoms with Crippen LogP contribution in [0, 0.1) is 11.3 Å². The highest BCUT2D eigenvalue weighted by Crippen LogP contribution is 2.23. The average molecular weight is 581 g/mol. The average Bonchev–Trinajstić information content (AvgIpc) is 2.95. The largest absolute Gasteiger partial charge is 0.357 e. The predicted octanol–water partition coefficient (Wildman–Crippen LogP) is 2.74. The number of benzene rings is 3. The molecule has 218 valence electrons. The summed E-state index contributed by atoms with van der Waals surface area (Å²) in [5.74, 6) is -3.68. The van der Waals surface area contributed by atoms with E-state index < -0.39 is 51.2 Å². The Morgan fingerprint density at radius 3 is 2.12 bits per heavy atom. The van der Waals surface area contributed by atoms with Gasteiger partial charge in [-0.3, -0.25) is 19.6 Å². The van der Waals surface area contributed by atoms with E-state index in [2.05, 4.69) is 15.4 Å². The minimum Gasteiger partial charge on any atom is -0.357 e. The van der Waals surface area contributed by atoms with Crippen molar-refractivity contribution in [1.29, 1.82) is 0 Å². The summed E-state index contributed by atoms with van der Waals surface area (Å²) in [4.78, 5) is 39.4. The molecule has 0 radical (unpaired) electrons. The molecule has 3 rings (SSSR count). The molecular weight excluding hydrogens is 544 g/mol. The molecule has 41 heavy (non-hydrogen) atoms. The standard InChI is InChI=1S/C30H36N4O6S/c1-30(2,3)26(29(37)31-4)32-27(35)24(19-21-14-15-22-12-8-9-13-23(22)18-21)25(28(36)33-38)34-41(39,40)17-16-20-10-6-5-7-11-20/h5-18,24-26,34,38H,19H2,1-4H3,(H,31,37)(H,32,35)(H,33,36)/b17-16+/t24-,25+,26-/m1/s1. The summed E-state index contributed by atoms with van der Waals surface area (Å²) in [6, 6.07) is 19.0. The quantitative estimate of drug-likeness (QED) is 0.174. The fraction of sp³-hybridized carbons (Fsp3) is 0.300. The number of hydroxylamine groups is 1. The van der Waals surface area contributed by atoms with Gasteiger partial charge < -0.3 is 10.6 Å². The number of rotatable bonds is 11. The van der Waals surface area contributed by atoms with Crippen LogP contribution in [0.25, 0.3) is 16.8 Å². The molecule has 11 heteroatoms. The van der Waals surface area contributed by atoms with Gasteiger partial charge in [-0.05, 0) is 39.8 Å². The lowest BCUT2D eigenvalue weighted by molar-refractivity contribution is -0.138. The van der Waals surface area contributed by atoms with Crippen molar-refractivity contribution in [2.24, 2.45) is 11.3 Å². The van der Waals surface area contributed by atoms with E-state index in [4.69, 9.17) is 0 Å². The molecule has 0 aromatic heterocycles. The van der Waals surface area contributed by atoms with Gasteiger partial charge in [-0.25, -0.2) is 13.9 Å². The van der Waals surface area contributed by atoms with E-state index in [9.17, 15) is 28.0 Å². The Morgan fingerprint density at radius 2 is 1.51 bits per heavy atom. The molecule has 3 amide bonds. The van der Waals surface area contributed by atoms with Crippen molar-refractivity contribution in [2.75, 3.05) is 7.05 Å². The van der Waals surface area contributed by atoms with Crippen LogP contribution in [0.2, 0.25) is 0 Å². The van der Waals surface area contributed by atoms with E-state index in [0.29, 0.717) is 11.1 Å². The number of fused-ring (bicyclic) bond motifs is 1. The molecule has 0 aliphatic heterocycles. The number of likely N-dealkylation sites (N-methyl/N-ethyl adjacent to an activating group) is 1. The molecule has 3 aromatic carbocycles. The summed E-state index contributed by atoms with van der Waals surface area (Å²) < 4.78 is 28.4. The summed E-state index contributed by atoms with van der Waals surface area (Å²) in [5, 5.41) is 17.5. The van der Waals surface area contributed by atoms with Crippen LogP contribution >= 0.6 is 0 Å². The van der Waals surface area contributed by atoms with Crippen LogP contribution in [0.4, 0.5) is 0 Å². The molecule has 5 N–H and O–H groups in total. The van der Waals surface area contributed by atoms with Crippen LogP contribution in [-0.4, -0.2) is 50.5 Å². The van der Waals surface area contributed by atoms with E-state index in [1.54, 1.807) is 57.2 Å². The monoisotopic (exact) mass is 580 g/mol. The van der Waals surface area contributed by atoms with Crippen LogP contribution < -0.4 is 20.8 Å². The topological polar surface area (TPSA) is 154 Å². The molecule has 0 saturated heterocycles. The number of sulfonamides is 1. The van der Waals surface area contributed by atoms with E-state index in [0.717, 1.165) is 16.2 Å². The molecule has 0 unspecified atom stereocenters. The lowest BCUT2D eigenvalue weighted by Gasteiger charge is -2.33. The van der Waals surface area contributed by atoms with E-state index in [1.807, 2.05) is 36.4 Å². The van der Waals surface area contributed by atoms with Gasteiger partial charge in [0.2, 0.25) is 21.8 Å². The molecular formula is C30H36N4O6S. The van der Waals surface area contributed by atoms with Gasteiger partial charge >= 0.3 is 0 Å². The third kappa shape index (κ3) is 8.71. The zero-order valence-electron chi connectivity index (χ0n) is 23.4. The van der Waals surface area contributed by atoms with Crippen molar-refractivity contribution >= 4 is 44.6 Å². The highest BCUT2D eigenvalue weighted by molar-refractivity contribution is 7.92. The first kappa shape index (κ1) is 31.5. The molecule has 3 atom stereocenters. The summed E-state index contributed by atoms with van der Waals surface area (Å²) in [6.07, 6.45) is 1.26. The van der Waals surface area contributed by atoms with Gasteiger partial charge in [0, 0.05) is 12.5 Å². The predicted molar refractivity (Wildman–Crippen MR) is 158 cm³/mol. The number of amides is 3. The highest BCUT2D eigenvalue weighted by Gasteiger charge is 2.40. The Morgan fingerprint density at radius 1 is 0.878 bits per heavy atom. The minimum atomic E-state index is -4.28. The van der Waals surface area contributed by atoms with Crippen LogP contribution in [0.3, 0.4) is 0 Å². The van der Waals surface area contributed by atoms with E-state index in [-0.39, 0.29) is 6.42 Å². The van der Waals surface area contributed by atoms with E-state index in [1.165, 1.54) is 18.6 Å². The lowest BCUT2D eigenvalue weighted by atomic mass is 9.84. The van der Waals surface area contributed by atoms with Gasteiger partial charge in [0.05, 0.1) is 5.92 Å². The van der Waals surface area contributed by atoms with Gasteiger partial charge in [-0.1, -0.05) is 93.6 Å². The number of hydrogen-bond donors (Lipinski definition) is 5. The first-order valence-corrected chi connectivity index (χ1v) is 14.6. The Labute approximate surface area is 240 Å². The van der Waals surface area contributed by atoms with Gasteiger partial charge in [0.15, 0.2) is 0 Å². The summed E-state index contributed by atoms with van der Waals surface area (Å²) in [5.41, 5.74) is 2.01. The van der Waals surface area contributed by atoms with Crippen molar-refractivity contribution in [3.8, 4) is 0 Å². The number of nitrogens with one attached hydrogen (secondary N) is 4. The molecule has 0 bridgehead atoms. The van der Waals surface area contributed by atoms with Crippen molar-refractivity contribution in [3.63, 3.8) is 0 Å². The lowest BCUT2D eigenvalue weighted by Crippen LogP contribution is -2.59. The van der Waals surface area contributed by atoms with Crippen molar-refractivity contribution in [1.82, 2.24) is 20.8 Å². The molecule has 3 aromatic rings. The van der Waals surface area contributed by atoms with Gasteiger partial charge in [-0.2, -0.15) is 4.72 Å². The summed E-state index contributed by atoms with van der Waals surface area (Å²) in [6.45, 7) is 5.29. The van der Waals surface area contributed by atoms with Crippen LogP contribution in [0.1, 0.15) is 31.9 Å². The number of carbonyl (C=O) groups is 3. The zero-order chi connectivity index (χ0) is 30.2. The van der Waals surface area contributed by atoms with Crippen LogP contribution in [0.5, 0.6) is 0 Å². The smallest absolute Gasteiger partial charge is 0.262 e. The van der Waals surface area contributed by atoms with Gasteiger partial charge in [-0.15, -0.1) is 0 Å². The summed E-state index contributed by atoms with van der Waals surface area (Å²) >= 11 is 0. The van der Waals surface area contributed by atoms with Gasteiger partial charge in [0.1, 0.15) is 12.1 Å². The molecule has 0 saturated carbocycles. The minimum absolute atomic E-state index is 0.0791. The van der Waals surface area contributed by atoms with Crippen molar-refractivity contribution in [2.45, 2.75) is 39.3 Å². The Kier molecular flexibility index (Phi) is 10.4. The van der Waals surface area contributed by atoms with Crippen LogP contribution in [0.15, 0.2) is 78.2 Å². The second-order valence-corrected chi connectivity index (χ2v) is 12.3. The maximum Gasteiger partial charge on any atom is 0.262 e. The van der Waals surface area contributed by atoms with Gasteiger partial charge in [0.25, 0.3) is 5.91 Å². The fourth-order valence-electron chi connectivity index (χ4n) is 4.39. The molecule has 0 spiro atoms. The highest BCUT2D eigenvalue weighted by atomic mass is 32.2. The van der Waals surface area contributed by atoms with Crippen molar-refractivity contribution in [3.05, 3.63) is 89.3 Å². The Balaban J connectivity index is 2.03. The molecule has 0 aliphatic carbocycles. The summed E-state index contributed by atoms with van der Waals surface area (Å²) in [7, 11) is -2.84. The van der Waals surface area contributed by atoms with Crippen LogP contribution in [-0.2, 0) is 30.8 Å². The third-order valence-corrected chi connectivity index (χ3v) is 7.67. The molecule has 0 aliphatic rings. The number of carbonyl (C=O) groups excluding carboxylic acids is 3. The SMILES string of the molecule is CNC(=O)[C@@H](NC(=O)[C@H](Cc1ccc2ccccc2c1)[C@H](NS(=O)(=O)/C=C/c1ccccc1)C(=O)NO)C(C)(C)C. The normalized spacial score (nSPS) is 14.3. The fourth-order valence-corrected chi connectivity index (χ4v) is 5.43. The molecule has 10 nitrogen and oxygen atoms in total.